The number of aryl methyl sites for hydroxylation is 1. The predicted octanol–water partition coefficient (Wildman–Crippen LogP) is 2.88. The van der Waals surface area contributed by atoms with Crippen LogP contribution >= 0.6 is 15.9 Å². The molecule has 4 heterocycles. The second-order valence-electron chi connectivity index (χ2n) is 7.46. The van der Waals surface area contributed by atoms with Crippen LogP contribution in [0, 0.1) is 6.92 Å². The van der Waals surface area contributed by atoms with E-state index in [0.29, 0.717) is 6.04 Å². The summed E-state index contributed by atoms with van der Waals surface area (Å²) in [5.41, 5.74) is 1.20. The fraction of sp³-hybridized carbons (Fsp3) is 0.550. The summed E-state index contributed by atoms with van der Waals surface area (Å²) in [6, 6.07) is 4.48. The molecule has 4 rings (SSSR count). The van der Waals surface area contributed by atoms with Crippen molar-refractivity contribution in [1.82, 2.24) is 15.0 Å². The molecule has 8 heteroatoms. The van der Waals surface area contributed by atoms with Crippen molar-refractivity contribution in [3.63, 3.8) is 0 Å². The van der Waals surface area contributed by atoms with Gasteiger partial charge in [-0.15, -0.1) is 0 Å². The first-order valence-corrected chi connectivity index (χ1v) is 10.7. The van der Waals surface area contributed by atoms with E-state index in [0.717, 1.165) is 74.3 Å². The molecule has 0 aromatic carbocycles. The number of anilines is 3. The Bertz CT molecular complexity index is 813. The van der Waals surface area contributed by atoms with Gasteiger partial charge in [0.2, 0.25) is 5.95 Å². The Labute approximate surface area is 174 Å². The molecule has 0 bridgehead atoms. The van der Waals surface area contributed by atoms with Crippen LogP contribution in [0.4, 0.5) is 17.6 Å². The molecule has 1 unspecified atom stereocenters. The highest BCUT2D eigenvalue weighted by molar-refractivity contribution is 9.10. The Balaban J connectivity index is 1.49. The van der Waals surface area contributed by atoms with Gasteiger partial charge in [0.1, 0.15) is 11.6 Å². The van der Waals surface area contributed by atoms with Gasteiger partial charge in [0.15, 0.2) is 0 Å². The number of pyridine rings is 1. The lowest BCUT2D eigenvalue weighted by Crippen LogP contribution is -2.47. The number of nitrogens with zero attached hydrogens (tertiary/aromatic N) is 6. The molecule has 0 amide bonds. The van der Waals surface area contributed by atoms with Crippen LogP contribution in [-0.2, 0) is 4.74 Å². The molecule has 150 valence electrons. The largest absolute Gasteiger partial charge is 0.378 e. The molecule has 0 saturated carbocycles. The van der Waals surface area contributed by atoms with E-state index in [1.54, 1.807) is 0 Å². The third-order valence-corrected chi connectivity index (χ3v) is 5.97. The van der Waals surface area contributed by atoms with Crippen molar-refractivity contribution >= 4 is 33.5 Å². The average molecular weight is 447 g/mol. The molecule has 0 aliphatic carbocycles. The molecular formula is C20H27BrN6O. The van der Waals surface area contributed by atoms with Crippen molar-refractivity contribution in [2.24, 2.45) is 0 Å². The lowest BCUT2D eigenvalue weighted by atomic mass is 10.0. The fourth-order valence-electron chi connectivity index (χ4n) is 3.97. The summed E-state index contributed by atoms with van der Waals surface area (Å²) in [4.78, 5) is 20.9. The summed E-state index contributed by atoms with van der Waals surface area (Å²) in [6.07, 6.45) is 6.01. The van der Waals surface area contributed by atoms with E-state index in [9.17, 15) is 0 Å². The second-order valence-corrected chi connectivity index (χ2v) is 8.38. The lowest BCUT2D eigenvalue weighted by Gasteiger charge is -2.39. The molecule has 0 spiro atoms. The number of hydrogen-bond donors (Lipinski definition) is 0. The Kier molecular flexibility index (Phi) is 5.96. The molecule has 2 aliphatic rings. The molecule has 2 aliphatic heterocycles. The predicted molar refractivity (Wildman–Crippen MR) is 115 cm³/mol. The normalized spacial score (nSPS) is 20.3. The first-order valence-electron chi connectivity index (χ1n) is 9.87. The molecule has 7 nitrogen and oxygen atoms in total. The van der Waals surface area contributed by atoms with Crippen LogP contribution in [-0.4, -0.2) is 67.4 Å². The zero-order chi connectivity index (χ0) is 19.5. The SMILES string of the molecule is Cc1cc(Br)cnc1N1CCCC(N(C)c2nccc(N3CCOCC3)n2)C1. The smallest absolute Gasteiger partial charge is 0.227 e. The molecule has 0 radical (unpaired) electrons. The van der Waals surface area contributed by atoms with E-state index in [1.165, 1.54) is 5.56 Å². The van der Waals surface area contributed by atoms with E-state index in [-0.39, 0.29) is 0 Å². The van der Waals surface area contributed by atoms with Crippen LogP contribution in [0.1, 0.15) is 18.4 Å². The van der Waals surface area contributed by atoms with Gasteiger partial charge < -0.3 is 19.4 Å². The maximum absolute atomic E-state index is 5.46. The minimum absolute atomic E-state index is 0.360. The van der Waals surface area contributed by atoms with Gasteiger partial charge in [-0.3, -0.25) is 0 Å². The molecule has 2 fully saturated rings. The van der Waals surface area contributed by atoms with Crippen LogP contribution in [0.3, 0.4) is 0 Å². The average Bonchev–Trinajstić information content (AvgIpc) is 2.74. The quantitative estimate of drug-likeness (QED) is 0.715. The number of rotatable bonds is 4. The van der Waals surface area contributed by atoms with Gasteiger partial charge in [0.25, 0.3) is 0 Å². The number of ether oxygens (including phenoxy) is 1. The number of morpholine rings is 1. The highest BCUT2D eigenvalue weighted by atomic mass is 79.9. The Morgan fingerprint density at radius 3 is 2.79 bits per heavy atom. The van der Waals surface area contributed by atoms with Crippen LogP contribution in [0.15, 0.2) is 29.0 Å². The maximum atomic E-state index is 5.46. The van der Waals surface area contributed by atoms with Crippen molar-refractivity contribution in [2.45, 2.75) is 25.8 Å². The topological polar surface area (TPSA) is 57.6 Å². The van der Waals surface area contributed by atoms with Crippen molar-refractivity contribution in [2.75, 3.05) is 61.1 Å². The summed E-state index contributed by atoms with van der Waals surface area (Å²) in [5, 5.41) is 0. The molecular weight excluding hydrogens is 420 g/mol. The van der Waals surface area contributed by atoms with Crippen molar-refractivity contribution in [1.29, 1.82) is 0 Å². The Morgan fingerprint density at radius 1 is 1.18 bits per heavy atom. The highest BCUT2D eigenvalue weighted by Crippen LogP contribution is 2.26. The zero-order valence-corrected chi connectivity index (χ0v) is 18.1. The summed E-state index contributed by atoms with van der Waals surface area (Å²) in [6.45, 7) is 7.36. The van der Waals surface area contributed by atoms with Gasteiger partial charge in [-0.2, -0.15) is 4.98 Å². The minimum Gasteiger partial charge on any atom is -0.378 e. The summed E-state index contributed by atoms with van der Waals surface area (Å²) in [7, 11) is 2.11. The number of halogens is 1. The van der Waals surface area contributed by atoms with Crippen molar-refractivity contribution < 1.29 is 4.74 Å². The first kappa shape index (κ1) is 19.4. The van der Waals surface area contributed by atoms with Gasteiger partial charge in [0, 0.05) is 56.1 Å². The molecule has 2 aromatic rings. The van der Waals surface area contributed by atoms with Gasteiger partial charge in [-0.1, -0.05) is 0 Å². The maximum Gasteiger partial charge on any atom is 0.227 e. The van der Waals surface area contributed by atoms with Crippen molar-refractivity contribution in [3.8, 4) is 0 Å². The van der Waals surface area contributed by atoms with E-state index in [1.807, 2.05) is 18.5 Å². The zero-order valence-electron chi connectivity index (χ0n) is 16.5. The van der Waals surface area contributed by atoms with Gasteiger partial charge >= 0.3 is 0 Å². The van der Waals surface area contributed by atoms with Crippen LogP contribution in [0.25, 0.3) is 0 Å². The number of hydrogen-bond acceptors (Lipinski definition) is 7. The summed E-state index contributed by atoms with van der Waals surface area (Å²) >= 11 is 3.51. The third kappa shape index (κ3) is 4.22. The van der Waals surface area contributed by atoms with Gasteiger partial charge in [0.05, 0.1) is 13.2 Å². The van der Waals surface area contributed by atoms with Crippen molar-refractivity contribution in [3.05, 3.63) is 34.6 Å². The van der Waals surface area contributed by atoms with E-state index < -0.39 is 0 Å². The fourth-order valence-corrected chi connectivity index (χ4v) is 4.41. The van der Waals surface area contributed by atoms with E-state index in [4.69, 9.17) is 9.72 Å². The van der Waals surface area contributed by atoms with Crippen LogP contribution < -0.4 is 14.7 Å². The Morgan fingerprint density at radius 2 is 2.00 bits per heavy atom. The van der Waals surface area contributed by atoms with Crippen LogP contribution in [0.5, 0.6) is 0 Å². The number of aromatic nitrogens is 3. The molecule has 2 aromatic heterocycles. The first-order chi connectivity index (χ1) is 13.6. The molecule has 1 atom stereocenters. The highest BCUT2D eigenvalue weighted by Gasteiger charge is 2.26. The monoisotopic (exact) mass is 446 g/mol. The third-order valence-electron chi connectivity index (χ3n) is 5.54. The molecule has 0 N–H and O–H groups in total. The van der Waals surface area contributed by atoms with E-state index in [2.05, 4.69) is 60.6 Å². The lowest BCUT2D eigenvalue weighted by molar-refractivity contribution is 0.122. The van der Waals surface area contributed by atoms with Gasteiger partial charge in [-0.25, -0.2) is 9.97 Å². The number of piperidine rings is 1. The van der Waals surface area contributed by atoms with Crippen LogP contribution in [0.2, 0.25) is 0 Å². The molecule has 28 heavy (non-hydrogen) atoms. The summed E-state index contributed by atoms with van der Waals surface area (Å²) in [5.74, 6) is 2.85. The minimum atomic E-state index is 0.360. The standard InChI is InChI=1S/C20H27BrN6O/c1-15-12-16(21)13-23-19(15)27-7-3-4-17(14-27)25(2)20-22-6-5-18(24-20)26-8-10-28-11-9-26/h5-6,12-13,17H,3-4,7-11,14H2,1-2H3. The second kappa shape index (κ2) is 8.61. The Hall–Kier alpha value is -1.93. The van der Waals surface area contributed by atoms with E-state index >= 15 is 0 Å². The van der Waals surface area contributed by atoms with Gasteiger partial charge in [-0.05, 0) is 53.4 Å². The molecule has 2 saturated heterocycles. The number of likely N-dealkylation sites (N-methyl/N-ethyl adjacent to an activating group) is 1. The summed E-state index contributed by atoms with van der Waals surface area (Å²) < 4.78 is 6.48.